The summed E-state index contributed by atoms with van der Waals surface area (Å²) in [5.41, 5.74) is 1.16. The number of aryl methyl sites for hydroxylation is 3. The van der Waals surface area contributed by atoms with Crippen molar-refractivity contribution in [1.82, 2.24) is 14.5 Å². The molecule has 2 N–H and O–H groups in total. The zero-order chi connectivity index (χ0) is 18.3. The van der Waals surface area contributed by atoms with Gasteiger partial charge in [0.1, 0.15) is 5.65 Å². The smallest absolute Gasteiger partial charge is 0.322 e. The lowest BCUT2D eigenvalue weighted by Gasteiger charge is -2.11. The molecule has 0 aliphatic heterocycles. The zero-order valence-electron chi connectivity index (χ0n) is 13.8. The number of aromatic amines is 1. The van der Waals surface area contributed by atoms with Crippen LogP contribution in [0.4, 0.5) is 5.69 Å². The highest BCUT2D eigenvalue weighted by molar-refractivity contribution is 6.31. The summed E-state index contributed by atoms with van der Waals surface area (Å²) in [7, 11) is 1.50. The van der Waals surface area contributed by atoms with Gasteiger partial charge in [0, 0.05) is 17.8 Å². The minimum Gasteiger partial charge on any atom is -0.322 e. The summed E-state index contributed by atoms with van der Waals surface area (Å²) in [5.74, 6) is -0.412. The normalized spacial score (nSPS) is 10.9. The third kappa shape index (κ3) is 3.06. The minimum atomic E-state index is -0.585. The third-order valence-electron chi connectivity index (χ3n) is 3.97. The van der Waals surface area contributed by atoms with Crippen molar-refractivity contribution in [2.75, 3.05) is 5.32 Å². The number of aromatic nitrogens is 3. The quantitative estimate of drug-likeness (QED) is 0.733. The Morgan fingerprint density at radius 2 is 1.96 bits per heavy atom. The number of hydrogen-bond donors (Lipinski definition) is 2. The number of fused-ring (bicyclic) bond motifs is 1. The predicted octanol–water partition coefficient (Wildman–Crippen LogP) is 2.14. The summed E-state index contributed by atoms with van der Waals surface area (Å²) in [6.07, 6.45) is 0. The van der Waals surface area contributed by atoms with Crippen LogP contribution in [0.1, 0.15) is 21.6 Å². The standard InChI is InChI=1S/C17H15ClN4O3/c1-8-4-5-10(18)6-13(8)20-15(23)11-7-12-14(19-9(11)2)22(3)17(25)21-16(12)24/h4-7H,1-3H3,(H,20,23)(H,21,24,25). The van der Waals surface area contributed by atoms with Gasteiger partial charge < -0.3 is 5.32 Å². The average Bonchev–Trinajstić information content (AvgIpc) is 2.55. The first-order chi connectivity index (χ1) is 11.8. The molecule has 0 radical (unpaired) electrons. The van der Waals surface area contributed by atoms with E-state index in [9.17, 15) is 14.4 Å². The molecule has 1 aromatic carbocycles. The van der Waals surface area contributed by atoms with Crippen molar-refractivity contribution < 1.29 is 4.79 Å². The summed E-state index contributed by atoms with van der Waals surface area (Å²) < 4.78 is 1.23. The van der Waals surface area contributed by atoms with E-state index >= 15 is 0 Å². The molecule has 25 heavy (non-hydrogen) atoms. The van der Waals surface area contributed by atoms with Gasteiger partial charge in [0.05, 0.1) is 16.6 Å². The van der Waals surface area contributed by atoms with Gasteiger partial charge in [-0.25, -0.2) is 9.78 Å². The van der Waals surface area contributed by atoms with Crippen molar-refractivity contribution >= 4 is 34.2 Å². The van der Waals surface area contributed by atoms with Gasteiger partial charge in [0.25, 0.3) is 11.5 Å². The van der Waals surface area contributed by atoms with Gasteiger partial charge in [-0.15, -0.1) is 0 Å². The number of carbonyl (C=O) groups is 1. The molecular formula is C17H15ClN4O3. The largest absolute Gasteiger partial charge is 0.329 e. The van der Waals surface area contributed by atoms with Crippen molar-refractivity contribution in [2.24, 2.45) is 7.05 Å². The number of benzene rings is 1. The molecule has 8 heteroatoms. The summed E-state index contributed by atoms with van der Waals surface area (Å²) in [5, 5.41) is 3.44. The highest BCUT2D eigenvalue weighted by atomic mass is 35.5. The predicted molar refractivity (Wildman–Crippen MR) is 96.5 cm³/mol. The molecule has 3 rings (SSSR count). The Bertz CT molecular complexity index is 1130. The molecule has 1 amide bonds. The lowest BCUT2D eigenvalue weighted by Crippen LogP contribution is -2.29. The van der Waals surface area contributed by atoms with E-state index in [1.54, 1.807) is 25.1 Å². The summed E-state index contributed by atoms with van der Waals surface area (Å²) >= 11 is 5.97. The molecule has 0 unspecified atom stereocenters. The van der Waals surface area contributed by atoms with Crippen LogP contribution in [0.25, 0.3) is 11.0 Å². The van der Waals surface area contributed by atoms with E-state index in [0.29, 0.717) is 16.4 Å². The molecule has 128 valence electrons. The molecule has 3 aromatic rings. The van der Waals surface area contributed by atoms with Crippen LogP contribution >= 0.6 is 11.6 Å². The second-order valence-electron chi connectivity index (χ2n) is 5.72. The van der Waals surface area contributed by atoms with Crippen LogP contribution in [-0.2, 0) is 7.05 Å². The van der Waals surface area contributed by atoms with Gasteiger partial charge in [0.15, 0.2) is 0 Å². The third-order valence-corrected chi connectivity index (χ3v) is 4.21. The monoisotopic (exact) mass is 358 g/mol. The maximum atomic E-state index is 12.6. The molecule has 0 fully saturated rings. The molecule has 0 aliphatic rings. The molecule has 7 nitrogen and oxygen atoms in total. The van der Waals surface area contributed by atoms with Crippen molar-refractivity contribution in [3.8, 4) is 0 Å². The lowest BCUT2D eigenvalue weighted by molar-refractivity contribution is 0.102. The van der Waals surface area contributed by atoms with Crippen LogP contribution in [0.3, 0.4) is 0 Å². The number of H-pyrrole nitrogens is 1. The number of pyridine rings is 1. The second-order valence-corrected chi connectivity index (χ2v) is 6.16. The molecule has 0 spiro atoms. The van der Waals surface area contributed by atoms with Gasteiger partial charge in [-0.05, 0) is 37.6 Å². The fraction of sp³-hybridized carbons (Fsp3) is 0.176. The van der Waals surface area contributed by atoms with E-state index in [1.165, 1.54) is 17.7 Å². The van der Waals surface area contributed by atoms with E-state index in [1.807, 2.05) is 6.92 Å². The maximum Gasteiger partial charge on any atom is 0.329 e. The van der Waals surface area contributed by atoms with Crippen LogP contribution in [0.15, 0.2) is 33.9 Å². The SMILES string of the molecule is Cc1ccc(Cl)cc1NC(=O)c1cc2c(=O)[nH]c(=O)n(C)c2nc1C. The van der Waals surface area contributed by atoms with E-state index < -0.39 is 17.2 Å². The maximum absolute atomic E-state index is 12.6. The van der Waals surface area contributed by atoms with Gasteiger partial charge in [-0.2, -0.15) is 0 Å². The number of amides is 1. The molecule has 0 bridgehead atoms. The minimum absolute atomic E-state index is 0.167. The Balaban J connectivity index is 2.11. The van der Waals surface area contributed by atoms with E-state index in [0.717, 1.165) is 5.56 Å². The van der Waals surface area contributed by atoms with E-state index in [-0.39, 0.29) is 16.6 Å². The summed E-state index contributed by atoms with van der Waals surface area (Å²) in [6, 6.07) is 6.61. The number of rotatable bonds is 2. The lowest BCUT2D eigenvalue weighted by atomic mass is 10.1. The first-order valence-corrected chi connectivity index (χ1v) is 7.84. The number of halogens is 1. The Morgan fingerprint density at radius 1 is 1.24 bits per heavy atom. The van der Waals surface area contributed by atoms with Crippen LogP contribution in [0.5, 0.6) is 0 Å². The van der Waals surface area contributed by atoms with Crippen molar-refractivity contribution in [3.63, 3.8) is 0 Å². The van der Waals surface area contributed by atoms with Crippen molar-refractivity contribution in [3.05, 3.63) is 66.9 Å². The molecule has 0 saturated carbocycles. The molecule has 2 aromatic heterocycles. The van der Waals surface area contributed by atoms with E-state index in [4.69, 9.17) is 11.6 Å². The Kier molecular flexibility index (Phi) is 4.18. The Labute approximate surface area is 147 Å². The topological polar surface area (TPSA) is 96.9 Å². The number of nitrogens with zero attached hydrogens (tertiary/aromatic N) is 2. The highest BCUT2D eigenvalue weighted by Gasteiger charge is 2.16. The molecule has 0 aliphatic carbocycles. The zero-order valence-corrected chi connectivity index (χ0v) is 14.6. The summed E-state index contributed by atoms with van der Waals surface area (Å²) in [6.45, 7) is 3.49. The van der Waals surface area contributed by atoms with Gasteiger partial charge in [-0.1, -0.05) is 17.7 Å². The van der Waals surface area contributed by atoms with Crippen LogP contribution in [0.2, 0.25) is 5.02 Å². The fourth-order valence-electron chi connectivity index (χ4n) is 2.51. The molecule has 0 saturated heterocycles. The van der Waals surface area contributed by atoms with Gasteiger partial charge in [-0.3, -0.25) is 19.1 Å². The molecule has 0 atom stereocenters. The number of nitrogens with one attached hydrogen (secondary N) is 2. The van der Waals surface area contributed by atoms with Crippen molar-refractivity contribution in [1.29, 1.82) is 0 Å². The van der Waals surface area contributed by atoms with Gasteiger partial charge in [0.2, 0.25) is 0 Å². The first kappa shape index (κ1) is 16.9. The van der Waals surface area contributed by atoms with E-state index in [2.05, 4.69) is 15.3 Å². The molecular weight excluding hydrogens is 344 g/mol. The van der Waals surface area contributed by atoms with Crippen molar-refractivity contribution in [2.45, 2.75) is 13.8 Å². The number of hydrogen-bond acceptors (Lipinski definition) is 4. The molecule has 2 heterocycles. The number of carbonyl (C=O) groups excluding carboxylic acids is 1. The number of anilines is 1. The van der Waals surface area contributed by atoms with Gasteiger partial charge >= 0.3 is 5.69 Å². The first-order valence-electron chi connectivity index (χ1n) is 7.46. The van der Waals surface area contributed by atoms with Crippen LogP contribution in [-0.4, -0.2) is 20.4 Å². The van der Waals surface area contributed by atoms with Crippen LogP contribution < -0.4 is 16.6 Å². The Morgan fingerprint density at radius 3 is 2.68 bits per heavy atom. The second kappa shape index (κ2) is 6.18. The Hall–Kier alpha value is -2.93. The van der Waals surface area contributed by atoms with Crippen LogP contribution in [0, 0.1) is 13.8 Å². The average molecular weight is 359 g/mol. The summed E-state index contributed by atoms with van der Waals surface area (Å²) in [4.78, 5) is 42.8. The highest BCUT2D eigenvalue weighted by Crippen LogP contribution is 2.21. The fourth-order valence-corrected chi connectivity index (χ4v) is 2.68.